The fourth-order valence-electron chi connectivity index (χ4n) is 5.30. The molecule has 5 rings (SSSR count). The first-order valence-electron chi connectivity index (χ1n) is 13.8. The van der Waals surface area contributed by atoms with Crippen molar-refractivity contribution in [1.82, 2.24) is 14.9 Å². The summed E-state index contributed by atoms with van der Waals surface area (Å²) in [6, 6.07) is 2.98. The number of halogens is 3. The lowest BCUT2D eigenvalue weighted by molar-refractivity contribution is -0.141. The number of nitrogens with zero attached hydrogens (tertiary/aromatic N) is 5. The maximum Gasteiger partial charge on any atom is 0.437 e. The van der Waals surface area contributed by atoms with E-state index in [1.165, 1.54) is 6.20 Å². The van der Waals surface area contributed by atoms with Crippen LogP contribution in [-0.2, 0) is 11.0 Å². The number of aliphatic hydroxyl groups is 1. The van der Waals surface area contributed by atoms with Crippen molar-refractivity contribution in [2.45, 2.75) is 44.9 Å². The van der Waals surface area contributed by atoms with Gasteiger partial charge in [0.05, 0.1) is 11.9 Å². The van der Waals surface area contributed by atoms with Crippen molar-refractivity contribution in [2.75, 3.05) is 54.4 Å². The fraction of sp³-hybridized carbons (Fsp3) is 0.500. The van der Waals surface area contributed by atoms with Crippen molar-refractivity contribution in [2.24, 2.45) is 5.92 Å². The molecule has 0 aromatic carbocycles. The quantitative estimate of drug-likeness (QED) is 0.535. The SMILES string of the molecule is CC1CCCN(c2nc(C(F)(F)F)c(C(=O)Nc3ccc(N4CCN(C(=O)C(O)C5=CCCC=C5)CC4)nc3)o2)C1. The number of pyridine rings is 1. The van der Waals surface area contributed by atoms with Crippen LogP contribution in [0.1, 0.15) is 48.9 Å². The summed E-state index contributed by atoms with van der Waals surface area (Å²) in [6.07, 6.45) is 4.38. The number of piperidine rings is 1. The number of anilines is 3. The van der Waals surface area contributed by atoms with Crippen LogP contribution in [0.3, 0.4) is 0 Å². The molecule has 2 unspecified atom stereocenters. The van der Waals surface area contributed by atoms with Gasteiger partial charge in [-0.15, -0.1) is 0 Å². The van der Waals surface area contributed by atoms with E-state index in [-0.39, 0.29) is 23.5 Å². The number of aromatic nitrogens is 2. The minimum Gasteiger partial charge on any atom is -0.417 e. The summed E-state index contributed by atoms with van der Waals surface area (Å²) in [5, 5.41) is 12.9. The number of aliphatic hydroxyl groups excluding tert-OH is 1. The maximum atomic E-state index is 13.7. The minimum atomic E-state index is -4.86. The van der Waals surface area contributed by atoms with E-state index in [0.29, 0.717) is 50.7 Å². The molecule has 0 bridgehead atoms. The topological polar surface area (TPSA) is 115 Å². The standard InChI is InChI=1S/C28H33F3N6O4/c1-18-6-5-11-37(17-18)27-34-24(28(29,30)31)23(41-27)25(39)33-20-9-10-21(32-16-20)35-12-14-36(15-13-35)26(40)22(38)19-7-3-2-4-8-19/h3,7-10,16,18,22,38H,2,4-6,11-15,17H2,1H3,(H,33,39). The van der Waals surface area contributed by atoms with Crippen molar-refractivity contribution in [3.05, 3.63) is 53.6 Å². The van der Waals surface area contributed by atoms with E-state index in [9.17, 15) is 27.9 Å². The Morgan fingerprint density at radius 2 is 1.90 bits per heavy atom. The first-order valence-corrected chi connectivity index (χ1v) is 13.8. The van der Waals surface area contributed by atoms with Gasteiger partial charge < -0.3 is 29.5 Å². The molecule has 0 radical (unpaired) electrons. The average Bonchev–Trinajstić information content (AvgIpc) is 3.44. The predicted molar refractivity (Wildman–Crippen MR) is 146 cm³/mol. The van der Waals surface area contributed by atoms with E-state index in [4.69, 9.17) is 4.42 Å². The third-order valence-corrected chi connectivity index (χ3v) is 7.51. The van der Waals surface area contributed by atoms with Gasteiger partial charge in [-0.2, -0.15) is 18.2 Å². The van der Waals surface area contributed by atoms with Gasteiger partial charge >= 0.3 is 6.18 Å². The second-order valence-electron chi connectivity index (χ2n) is 10.6. The van der Waals surface area contributed by atoms with Crippen LogP contribution in [0.5, 0.6) is 0 Å². The molecule has 13 heteroatoms. The highest BCUT2D eigenvalue weighted by atomic mass is 19.4. The van der Waals surface area contributed by atoms with Crippen LogP contribution in [0.25, 0.3) is 0 Å². The normalized spacial score (nSPS) is 20.6. The highest BCUT2D eigenvalue weighted by Gasteiger charge is 2.42. The van der Waals surface area contributed by atoms with Crippen LogP contribution in [0.15, 0.2) is 46.5 Å². The van der Waals surface area contributed by atoms with Gasteiger partial charge in [-0.1, -0.05) is 25.2 Å². The molecule has 2 aromatic rings. The van der Waals surface area contributed by atoms with Crippen molar-refractivity contribution >= 4 is 29.3 Å². The van der Waals surface area contributed by atoms with E-state index in [0.717, 1.165) is 25.7 Å². The Hall–Kier alpha value is -3.87. The van der Waals surface area contributed by atoms with Gasteiger partial charge in [0.25, 0.3) is 17.8 Å². The molecular weight excluding hydrogens is 541 g/mol. The molecule has 3 aliphatic rings. The summed E-state index contributed by atoms with van der Waals surface area (Å²) in [7, 11) is 0. The van der Waals surface area contributed by atoms with E-state index >= 15 is 0 Å². The molecule has 2 saturated heterocycles. The van der Waals surface area contributed by atoms with Crippen LogP contribution < -0.4 is 15.1 Å². The highest BCUT2D eigenvalue weighted by Crippen LogP contribution is 2.35. The number of alkyl halides is 3. The monoisotopic (exact) mass is 574 g/mol. The van der Waals surface area contributed by atoms with Gasteiger partial charge in [0.1, 0.15) is 5.82 Å². The molecule has 10 nitrogen and oxygen atoms in total. The number of allylic oxidation sites excluding steroid dienone is 2. The Morgan fingerprint density at radius 3 is 2.54 bits per heavy atom. The van der Waals surface area contributed by atoms with Gasteiger partial charge in [-0.25, -0.2) is 4.98 Å². The molecule has 2 N–H and O–H groups in total. The molecule has 2 fully saturated rings. The molecule has 220 valence electrons. The van der Waals surface area contributed by atoms with Crippen LogP contribution in [-0.4, -0.2) is 77.2 Å². The third kappa shape index (κ3) is 6.55. The minimum absolute atomic E-state index is 0.196. The van der Waals surface area contributed by atoms with Crippen molar-refractivity contribution in [3.8, 4) is 0 Å². The van der Waals surface area contributed by atoms with Crippen LogP contribution in [0.2, 0.25) is 0 Å². The molecule has 2 amide bonds. The summed E-state index contributed by atoms with van der Waals surface area (Å²) in [6.45, 7) is 4.78. The zero-order valence-electron chi connectivity index (χ0n) is 22.7. The number of nitrogens with one attached hydrogen (secondary N) is 1. The second-order valence-corrected chi connectivity index (χ2v) is 10.6. The lowest BCUT2D eigenvalue weighted by atomic mass is 10.0. The molecule has 0 spiro atoms. The lowest BCUT2D eigenvalue weighted by Gasteiger charge is -2.36. The van der Waals surface area contributed by atoms with Gasteiger partial charge in [0.15, 0.2) is 11.8 Å². The number of hydrogen-bond donors (Lipinski definition) is 2. The van der Waals surface area contributed by atoms with Gasteiger partial charge in [-0.3, -0.25) is 9.59 Å². The Bertz CT molecular complexity index is 1320. The third-order valence-electron chi connectivity index (χ3n) is 7.51. The van der Waals surface area contributed by atoms with Crippen LogP contribution in [0, 0.1) is 5.92 Å². The van der Waals surface area contributed by atoms with E-state index < -0.39 is 29.6 Å². The molecule has 4 heterocycles. The molecule has 2 atom stereocenters. The average molecular weight is 575 g/mol. The van der Waals surface area contributed by atoms with Gasteiger partial charge in [0, 0.05) is 39.3 Å². The number of piperazine rings is 1. The fourth-order valence-corrected chi connectivity index (χ4v) is 5.30. The highest BCUT2D eigenvalue weighted by molar-refractivity contribution is 6.03. The Kier molecular flexibility index (Phi) is 8.34. The summed E-state index contributed by atoms with van der Waals surface area (Å²) in [5.41, 5.74) is -0.545. The number of oxazole rings is 1. The molecule has 0 saturated carbocycles. The van der Waals surface area contributed by atoms with Crippen molar-refractivity contribution in [3.63, 3.8) is 0 Å². The zero-order chi connectivity index (χ0) is 29.1. The van der Waals surface area contributed by atoms with E-state index in [1.807, 2.05) is 24.0 Å². The molecule has 1 aliphatic carbocycles. The van der Waals surface area contributed by atoms with Crippen LogP contribution in [0.4, 0.5) is 30.7 Å². The van der Waals surface area contributed by atoms with Crippen molar-refractivity contribution in [1.29, 1.82) is 0 Å². The van der Waals surface area contributed by atoms with Gasteiger partial charge in [0.2, 0.25) is 5.76 Å². The summed E-state index contributed by atoms with van der Waals surface area (Å²) in [4.78, 5) is 38.8. The first-order chi connectivity index (χ1) is 19.6. The largest absolute Gasteiger partial charge is 0.437 e. The van der Waals surface area contributed by atoms with Crippen molar-refractivity contribution < 1.29 is 32.3 Å². The summed E-state index contributed by atoms with van der Waals surface area (Å²) >= 11 is 0. The maximum absolute atomic E-state index is 13.7. The second kappa shape index (κ2) is 11.9. The number of carbonyl (C=O) groups is 2. The molecule has 41 heavy (non-hydrogen) atoms. The van der Waals surface area contributed by atoms with Gasteiger partial charge in [-0.05, 0) is 49.3 Å². The Morgan fingerprint density at radius 1 is 1.12 bits per heavy atom. The van der Waals surface area contributed by atoms with Crippen LogP contribution >= 0.6 is 0 Å². The summed E-state index contributed by atoms with van der Waals surface area (Å²) < 4.78 is 46.5. The van der Waals surface area contributed by atoms with E-state index in [1.54, 1.807) is 28.0 Å². The molecular formula is C28H33F3N6O4. The zero-order valence-corrected chi connectivity index (χ0v) is 22.7. The molecule has 2 aliphatic heterocycles. The molecule has 2 aromatic heterocycles. The Balaban J connectivity index is 1.20. The first kappa shape index (κ1) is 28.7. The van der Waals surface area contributed by atoms with E-state index in [2.05, 4.69) is 15.3 Å². The predicted octanol–water partition coefficient (Wildman–Crippen LogP) is 3.86. The smallest absolute Gasteiger partial charge is 0.417 e. The number of carbonyl (C=O) groups excluding carboxylic acids is 2. The number of rotatable bonds is 6. The Labute approximate surface area is 235 Å². The number of hydrogen-bond acceptors (Lipinski definition) is 8. The summed E-state index contributed by atoms with van der Waals surface area (Å²) in [5.74, 6) is -1.43. The lowest BCUT2D eigenvalue weighted by Crippen LogP contribution is -2.52. The number of amides is 2.